The largest absolute Gasteiger partial charge is 0.379 e. The quantitative estimate of drug-likeness (QED) is 0.698. The molecule has 2 atom stereocenters. The highest BCUT2D eigenvalue weighted by Gasteiger charge is 2.29. The molecule has 140 valence electrons. The normalized spacial score (nSPS) is 19.5. The van der Waals surface area contributed by atoms with E-state index in [1.807, 2.05) is 18.3 Å². The van der Waals surface area contributed by atoms with Crippen LogP contribution in [0.3, 0.4) is 0 Å². The Bertz CT molecular complexity index is 908. The Balaban J connectivity index is 1.49. The van der Waals surface area contributed by atoms with Gasteiger partial charge in [-0.25, -0.2) is 9.97 Å². The van der Waals surface area contributed by atoms with Gasteiger partial charge in [-0.15, -0.1) is 0 Å². The molecule has 3 heterocycles. The van der Waals surface area contributed by atoms with E-state index in [-0.39, 0.29) is 6.04 Å². The molecular formula is C21H25N5O. The maximum Gasteiger partial charge on any atom is 0.131 e. The molecule has 2 unspecified atom stereocenters. The number of hydrogen-bond donors (Lipinski definition) is 2. The molecule has 1 aliphatic heterocycles. The van der Waals surface area contributed by atoms with Gasteiger partial charge in [-0.3, -0.25) is 4.98 Å². The van der Waals surface area contributed by atoms with E-state index in [1.54, 1.807) is 6.33 Å². The first-order chi connectivity index (χ1) is 13.2. The van der Waals surface area contributed by atoms with E-state index in [2.05, 4.69) is 63.7 Å². The number of ether oxygens (including phenoxy) is 1. The molecule has 0 amide bonds. The van der Waals surface area contributed by atoms with Crippen molar-refractivity contribution in [1.82, 2.24) is 15.0 Å². The minimum atomic E-state index is 0.221. The van der Waals surface area contributed by atoms with Crippen LogP contribution in [0.2, 0.25) is 0 Å². The van der Waals surface area contributed by atoms with Gasteiger partial charge in [0.25, 0.3) is 0 Å². The summed E-state index contributed by atoms with van der Waals surface area (Å²) < 4.78 is 5.78. The summed E-state index contributed by atoms with van der Waals surface area (Å²) in [4.78, 5) is 13.1. The molecule has 0 spiro atoms. The van der Waals surface area contributed by atoms with Crippen LogP contribution in [0.15, 0.2) is 48.9 Å². The SMILES string of the molecule is CC(C)Nc1cc(NC2COCC2Cc2ccnc3ccccc23)ncn1. The molecule has 0 bridgehead atoms. The molecule has 1 aliphatic rings. The lowest BCUT2D eigenvalue weighted by Crippen LogP contribution is -2.29. The Morgan fingerprint density at radius 1 is 1.07 bits per heavy atom. The lowest BCUT2D eigenvalue weighted by molar-refractivity contribution is 0.185. The zero-order chi connectivity index (χ0) is 18.6. The van der Waals surface area contributed by atoms with Gasteiger partial charge in [-0.05, 0) is 38.0 Å². The molecule has 1 aromatic carbocycles. The molecule has 3 aromatic rings. The number of rotatable bonds is 6. The molecule has 27 heavy (non-hydrogen) atoms. The number of aromatic nitrogens is 3. The summed E-state index contributed by atoms with van der Waals surface area (Å²) in [6, 6.07) is 12.9. The summed E-state index contributed by atoms with van der Waals surface area (Å²) in [5.41, 5.74) is 2.35. The molecule has 0 aliphatic carbocycles. The molecule has 1 fully saturated rings. The molecule has 6 nitrogen and oxygen atoms in total. The number of hydrogen-bond acceptors (Lipinski definition) is 6. The minimum Gasteiger partial charge on any atom is -0.379 e. The Kier molecular flexibility index (Phi) is 5.16. The fourth-order valence-corrected chi connectivity index (χ4v) is 3.58. The maximum absolute atomic E-state index is 5.78. The number of pyridine rings is 1. The van der Waals surface area contributed by atoms with Crippen molar-refractivity contribution < 1.29 is 4.74 Å². The van der Waals surface area contributed by atoms with Crippen molar-refractivity contribution in [2.45, 2.75) is 32.4 Å². The number of para-hydroxylation sites is 1. The molecule has 4 rings (SSSR count). The van der Waals surface area contributed by atoms with E-state index >= 15 is 0 Å². The molecule has 1 saturated heterocycles. The third-order valence-corrected chi connectivity index (χ3v) is 4.86. The summed E-state index contributed by atoms with van der Waals surface area (Å²) in [6.07, 6.45) is 4.43. The van der Waals surface area contributed by atoms with Crippen LogP contribution in [0.4, 0.5) is 11.6 Å². The van der Waals surface area contributed by atoms with Gasteiger partial charge in [0.1, 0.15) is 18.0 Å². The molecular weight excluding hydrogens is 338 g/mol. The Labute approximate surface area is 159 Å². The van der Waals surface area contributed by atoms with Crippen molar-refractivity contribution in [1.29, 1.82) is 0 Å². The topological polar surface area (TPSA) is 72.0 Å². The Hall–Kier alpha value is -2.73. The number of nitrogens with one attached hydrogen (secondary N) is 2. The smallest absolute Gasteiger partial charge is 0.131 e. The average molecular weight is 363 g/mol. The fraction of sp³-hybridized carbons (Fsp3) is 0.381. The standard InChI is InChI=1S/C21H25N5O/c1-14(2)25-20-10-21(24-13-23-20)26-19-12-27-11-16(19)9-15-7-8-22-18-6-4-3-5-17(15)18/h3-8,10,13-14,16,19H,9,11-12H2,1-2H3,(H2,23,24,25,26). The molecule has 0 saturated carbocycles. The first-order valence-corrected chi connectivity index (χ1v) is 9.44. The highest BCUT2D eigenvalue weighted by Crippen LogP contribution is 2.26. The van der Waals surface area contributed by atoms with E-state index in [9.17, 15) is 0 Å². The van der Waals surface area contributed by atoms with Crippen LogP contribution in [0.5, 0.6) is 0 Å². The summed E-state index contributed by atoms with van der Waals surface area (Å²) in [7, 11) is 0. The van der Waals surface area contributed by atoms with Gasteiger partial charge in [-0.1, -0.05) is 18.2 Å². The van der Waals surface area contributed by atoms with Crippen LogP contribution in [0.1, 0.15) is 19.4 Å². The zero-order valence-corrected chi connectivity index (χ0v) is 15.7. The Morgan fingerprint density at radius 2 is 1.93 bits per heavy atom. The van der Waals surface area contributed by atoms with Gasteiger partial charge in [0.15, 0.2) is 0 Å². The van der Waals surface area contributed by atoms with Gasteiger partial charge < -0.3 is 15.4 Å². The van der Waals surface area contributed by atoms with Gasteiger partial charge >= 0.3 is 0 Å². The second-order valence-electron chi connectivity index (χ2n) is 7.33. The monoisotopic (exact) mass is 363 g/mol. The minimum absolute atomic E-state index is 0.221. The zero-order valence-electron chi connectivity index (χ0n) is 15.7. The predicted molar refractivity (Wildman–Crippen MR) is 108 cm³/mol. The van der Waals surface area contributed by atoms with Crippen molar-refractivity contribution in [2.24, 2.45) is 5.92 Å². The first-order valence-electron chi connectivity index (χ1n) is 9.44. The second kappa shape index (κ2) is 7.88. The van der Waals surface area contributed by atoms with Crippen LogP contribution < -0.4 is 10.6 Å². The lowest BCUT2D eigenvalue weighted by atomic mass is 9.93. The van der Waals surface area contributed by atoms with E-state index in [4.69, 9.17) is 4.74 Å². The van der Waals surface area contributed by atoms with Gasteiger partial charge in [-0.2, -0.15) is 0 Å². The molecule has 6 heteroatoms. The van der Waals surface area contributed by atoms with E-state index in [1.165, 1.54) is 10.9 Å². The van der Waals surface area contributed by atoms with E-state index < -0.39 is 0 Å². The first kappa shape index (κ1) is 17.7. The van der Waals surface area contributed by atoms with Crippen molar-refractivity contribution >= 4 is 22.5 Å². The van der Waals surface area contributed by atoms with Crippen LogP contribution in [-0.2, 0) is 11.2 Å². The van der Waals surface area contributed by atoms with E-state index in [0.29, 0.717) is 18.6 Å². The van der Waals surface area contributed by atoms with Crippen LogP contribution in [0, 0.1) is 5.92 Å². The van der Waals surface area contributed by atoms with Crippen molar-refractivity contribution in [2.75, 3.05) is 23.8 Å². The third kappa shape index (κ3) is 4.17. The van der Waals surface area contributed by atoms with Crippen LogP contribution >= 0.6 is 0 Å². The lowest BCUT2D eigenvalue weighted by Gasteiger charge is -2.20. The van der Waals surface area contributed by atoms with Crippen molar-refractivity contribution in [3.05, 3.63) is 54.5 Å². The molecule has 2 aromatic heterocycles. The summed E-state index contributed by atoms with van der Waals surface area (Å²) >= 11 is 0. The Morgan fingerprint density at radius 3 is 2.81 bits per heavy atom. The number of anilines is 2. The van der Waals surface area contributed by atoms with Gasteiger partial charge in [0.2, 0.25) is 0 Å². The maximum atomic E-state index is 5.78. The third-order valence-electron chi connectivity index (χ3n) is 4.86. The summed E-state index contributed by atoms with van der Waals surface area (Å²) in [5, 5.41) is 8.07. The highest BCUT2D eigenvalue weighted by molar-refractivity contribution is 5.81. The predicted octanol–water partition coefficient (Wildman–Crippen LogP) is 3.51. The van der Waals surface area contributed by atoms with Crippen LogP contribution in [-0.4, -0.2) is 40.2 Å². The van der Waals surface area contributed by atoms with Crippen molar-refractivity contribution in [3.8, 4) is 0 Å². The molecule has 0 radical (unpaired) electrons. The fourth-order valence-electron chi connectivity index (χ4n) is 3.58. The average Bonchev–Trinajstić information content (AvgIpc) is 3.08. The van der Waals surface area contributed by atoms with E-state index in [0.717, 1.165) is 30.2 Å². The summed E-state index contributed by atoms with van der Waals surface area (Å²) in [5.74, 6) is 2.04. The number of fused-ring (bicyclic) bond motifs is 1. The number of benzene rings is 1. The van der Waals surface area contributed by atoms with Gasteiger partial charge in [0, 0.05) is 29.6 Å². The second-order valence-corrected chi connectivity index (χ2v) is 7.33. The summed E-state index contributed by atoms with van der Waals surface area (Å²) in [6.45, 7) is 5.62. The van der Waals surface area contributed by atoms with Crippen LogP contribution in [0.25, 0.3) is 10.9 Å². The van der Waals surface area contributed by atoms with Gasteiger partial charge in [0.05, 0.1) is 24.8 Å². The highest BCUT2D eigenvalue weighted by atomic mass is 16.5. The van der Waals surface area contributed by atoms with Crippen molar-refractivity contribution in [3.63, 3.8) is 0 Å². The molecule has 2 N–H and O–H groups in total. The number of nitrogens with zero attached hydrogens (tertiary/aromatic N) is 3.